The van der Waals surface area contributed by atoms with E-state index in [9.17, 15) is 13.2 Å². The lowest BCUT2D eigenvalue weighted by Crippen LogP contribution is -2.42. The van der Waals surface area contributed by atoms with Crippen LogP contribution in [-0.4, -0.2) is 34.0 Å². The molecule has 0 saturated carbocycles. The largest absolute Gasteiger partial charge is 0.497 e. The molecule has 0 heterocycles. The number of carbonyl (C=O) groups excluding carboxylic acids is 1. The lowest BCUT2D eigenvalue weighted by molar-refractivity contribution is -0.121. The molecule has 152 valence electrons. The van der Waals surface area contributed by atoms with E-state index in [1.165, 1.54) is 19.2 Å². The van der Waals surface area contributed by atoms with Crippen molar-refractivity contribution in [3.05, 3.63) is 60.2 Å². The van der Waals surface area contributed by atoms with Gasteiger partial charge in [-0.25, -0.2) is 13.1 Å². The molecule has 1 atom stereocenters. The highest BCUT2D eigenvalue weighted by molar-refractivity contribution is 7.89. The molecule has 2 N–H and O–H groups in total. The second-order valence-electron chi connectivity index (χ2n) is 6.94. The van der Waals surface area contributed by atoms with Crippen LogP contribution in [0.2, 0.25) is 0 Å². The molecule has 0 aliphatic carbocycles. The summed E-state index contributed by atoms with van der Waals surface area (Å²) in [6.45, 7) is 4.29. The number of carbonyl (C=O) groups is 1. The normalized spacial score (nSPS) is 12.6. The summed E-state index contributed by atoms with van der Waals surface area (Å²) in [6, 6.07) is 15.5. The molecule has 2 rings (SSSR count). The fourth-order valence-corrected chi connectivity index (χ4v) is 4.08. The van der Waals surface area contributed by atoms with E-state index in [0.29, 0.717) is 12.3 Å². The minimum atomic E-state index is -3.72. The summed E-state index contributed by atoms with van der Waals surface area (Å²) in [5, 5.41) is 2.87. The van der Waals surface area contributed by atoms with Crippen molar-refractivity contribution in [1.82, 2.24) is 10.0 Å². The number of nitrogens with one attached hydrogen (secondary N) is 2. The van der Waals surface area contributed by atoms with Gasteiger partial charge in [-0.2, -0.15) is 0 Å². The third-order valence-electron chi connectivity index (χ3n) is 4.46. The smallest absolute Gasteiger partial charge is 0.240 e. The maximum atomic E-state index is 12.6. The monoisotopic (exact) mass is 404 g/mol. The zero-order valence-electron chi connectivity index (χ0n) is 16.5. The molecule has 0 spiro atoms. The highest BCUT2D eigenvalue weighted by atomic mass is 32.2. The van der Waals surface area contributed by atoms with Gasteiger partial charge in [-0.3, -0.25) is 4.79 Å². The molecule has 0 aliphatic heterocycles. The highest BCUT2D eigenvalue weighted by Crippen LogP contribution is 2.17. The number of hydrogen-bond donors (Lipinski definition) is 2. The van der Waals surface area contributed by atoms with Crippen LogP contribution < -0.4 is 14.8 Å². The molecule has 28 heavy (non-hydrogen) atoms. The molecule has 1 amide bonds. The number of hydrogen-bond acceptors (Lipinski definition) is 4. The fourth-order valence-electron chi connectivity index (χ4n) is 2.70. The Morgan fingerprint density at radius 1 is 1.04 bits per heavy atom. The van der Waals surface area contributed by atoms with Crippen molar-refractivity contribution in [1.29, 1.82) is 0 Å². The summed E-state index contributed by atoms with van der Waals surface area (Å²) >= 11 is 0. The maximum absolute atomic E-state index is 12.6. The second-order valence-corrected chi connectivity index (χ2v) is 8.65. The van der Waals surface area contributed by atoms with Gasteiger partial charge in [0.1, 0.15) is 5.75 Å². The molecular formula is C21H28N2O4S. The van der Waals surface area contributed by atoms with E-state index in [2.05, 4.69) is 10.0 Å². The average Bonchev–Trinajstić information content (AvgIpc) is 2.68. The van der Waals surface area contributed by atoms with Gasteiger partial charge in [0.05, 0.1) is 12.0 Å². The molecule has 7 heteroatoms. The number of ether oxygens (including phenoxy) is 1. The summed E-state index contributed by atoms with van der Waals surface area (Å²) in [5.41, 5.74) is 1.14. The van der Waals surface area contributed by atoms with Crippen molar-refractivity contribution in [3.63, 3.8) is 0 Å². The number of benzene rings is 2. The van der Waals surface area contributed by atoms with E-state index in [-0.39, 0.29) is 23.1 Å². The van der Waals surface area contributed by atoms with E-state index < -0.39 is 16.1 Å². The Labute approximate surface area is 167 Å². The van der Waals surface area contributed by atoms with Gasteiger partial charge in [0, 0.05) is 19.0 Å². The Morgan fingerprint density at radius 2 is 1.68 bits per heavy atom. The lowest BCUT2D eigenvalue weighted by atomic mass is 10.0. The van der Waals surface area contributed by atoms with Gasteiger partial charge < -0.3 is 10.1 Å². The van der Waals surface area contributed by atoms with Crippen molar-refractivity contribution >= 4 is 15.9 Å². The maximum Gasteiger partial charge on any atom is 0.240 e. The van der Waals surface area contributed by atoms with Gasteiger partial charge in [-0.15, -0.1) is 0 Å². The van der Waals surface area contributed by atoms with Crippen LogP contribution in [0.5, 0.6) is 5.75 Å². The van der Waals surface area contributed by atoms with Gasteiger partial charge in [0.25, 0.3) is 0 Å². The Bertz CT molecular complexity index is 850. The summed E-state index contributed by atoms with van der Waals surface area (Å²) < 4.78 is 33.0. The summed E-state index contributed by atoms with van der Waals surface area (Å²) in [7, 11) is -2.20. The minimum absolute atomic E-state index is 0.0344. The first-order valence-electron chi connectivity index (χ1n) is 9.29. The number of sulfonamides is 1. The van der Waals surface area contributed by atoms with Crippen LogP contribution in [0.4, 0.5) is 0 Å². The van der Waals surface area contributed by atoms with E-state index in [1.54, 1.807) is 12.1 Å². The lowest BCUT2D eigenvalue weighted by Gasteiger charge is -2.22. The molecule has 2 aromatic carbocycles. The van der Waals surface area contributed by atoms with Crippen LogP contribution in [0.25, 0.3) is 0 Å². The quantitative estimate of drug-likeness (QED) is 0.638. The van der Waals surface area contributed by atoms with E-state index in [1.807, 2.05) is 44.2 Å². The average molecular weight is 405 g/mol. The highest BCUT2D eigenvalue weighted by Gasteiger charge is 2.24. The van der Waals surface area contributed by atoms with E-state index in [0.717, 1.165) is 12.0 Å². The topological polar surface area (TPSA) is 84.5 Å². The van der Waals surface area contributed by atoms with E-state index in [4.69, 9.17) is 4.74 Å². The van der Waals surface area contributed by atoms with E-state index >= 15 is 0 Å². The molecule has 0 bridgehead atoms. The van der Waals surface area contributed by atoms with Crippen LogP contribution in [0.15, 0.2) is 59.5 Å². The Balaban J connectivity index is 1.93. The minimum Gasteiger partial charge on any atom is -0.497 e. The number of rotatable bonds is 10. The van der Waals surface area contributed by atoms with Gasteiger partial charge in [0.2, 0.25) is 15.9 Å². The first-order valence-corrected chi connectivity index (χ1v) is 10.8. The standard InChI is InChI=1S/C21H28N2O4S/c1-16(2)20(15-21(24)22-14-13-17-7-5-4-6-8-17)23-28(25,26)19-11-9-18(27-3)10-12-19/h4-12,16,20,23H,13-15H2,1-3H3,(H,22,24). The molecule has 0 radical (unpaired) electrons. The summed E-state index contributed by atoms with van der Waals surface area (Å²) in [6.07, 6.45) is 0.818. The molecule has 2 aromatic rings. The predicted molar refractivity (Wildman–Crippen MR) is 110 cm³/mol. The van der Waals surface area contributed by atoms with Crippen LogP contribution in [0.3, 0.4) is 0 Å². The Morgan fingerprint density at radius 3 is 2.25 bits per heavy atom. The predicted octanol–water partition coefficient (Wildman–Crippen LogP) is 2.75. The van der Waals surface area contributed by atoms with Crippen molar-refractivity contribution < 1.29 is 17.9 Å². The fraction of sp³-hybridized carbons (Fsp3) is 0.381. The first kappa shape index (κ1) is 21.9. The third-order valence-corrected chi connectivity index (χ3v) is 5.97. The molecule has 6 nitrogen and oxygen atoms in total. The molecular weight excluding hydrogens is 376 g/mol. The zero-order valence-corrected chi connectivity index (χ0v) is 17.3. The number of amides is 1. The molecule has 0 fully saturated rings. The molecule has 0 aromatic heterocycles. The first-order chi connectivity index (χ1) is 13.3. The van der Waals surface area contributed by atoms with Crippen LogP contribution in [0.1, 0.15) is 25.8 Å². The Kier molecular flexibility index (Phi) is 8.02. The van der Waals surface area contributed by atoms with Crippen molar-refractivity contribution in [2.45, 2.75) is 37.6 Å². The van der Waals surface area contributed by atoms with Gasteiger partial charge in [-0.05, 0) is 42.2 Å². The van der Waals surface area contributed by atoms with Gasteiger partial charge in [0.15, 0.2) is 0 Å². The van der Waals surface area contributed by atoms with Crippen molar-refractivity contribution in [3.8, 4) is 5.75 Å². The van der Waals surface area contributed by atoms with Crippen LogP contribution >= 0.6 is 0 Å². The Hall–Kier alpha value is -2.38. The van der Waals surface area contributed by atoms with Crippen molar-refractivity contribution in [2.24, 2.45) is 5.92 Å². The zero-order chi connectivity index (χ0) is 20.6. The van der Waals surface area contributed by atoms with Crippen molar-refractivity contribution in [2.75, 3.05) is 13.7 Å². The van der Waals surface area contributed by atoms with Crippen LogP contribution in [-0.2, 0) is 21.2 Å². The summed E-state index contributed by atoms with van der Waals surface area (Å²) in [4.78, 5) is 12.4. The number of methoxy groups -OCH3 is 1. The SMILES string of the molecule is COc1ccc(S(=O)(=O)NC(CC(=O)NCCc2ccccc2)C(C)C)cc1. The summed E-state index contributed by atoms with van der Waals surface area (Å²) in [5.74, 6) is 0.372. The molecule has 1 unspecified atom stereocenters. The third kappa shape index (κ3) is 6.65. The van der Waals surface area contributed by atoms with Crippen LogP contribution in [0, 0.1) is 5.92 Å². The molecule has 0 aliphatic rings. The van der Waals surface area contributed by atoms with Gasteiger partial charge in [-0.1, -0.05) is 44.2 Å². The second kappa shape index (κ2) is 10.2. The molecule has 0 saturated heterocycles. The van der Waals surface area contributed by atoms with Gasteiger partial charge >= 0.3 is 0 Å².